The number of hydrogen-bond donors (Lipinski definition) is 0. The summed E-state index contributed by atoms with van der Waals surface area (Å²) < 4.78 is 0. The fourth-order valence-corrected chi connectivity index (χ4v) is 4.65. The van der Waals surface area contributed by atoms with E-state index in [1.807, 2.05) is 0 Å². The smallest absolute Gasteiger partial charge is 0.0442 e. The van der Waals surface area contributed by atoms with E-state index in [-0.39, 0.29) is 0 Å². The van der Waals surface area contributed by atoms with Crippen molar-refractivity contribution in [1.82, 2.24) is 4.98 Å². The average Bonchev–Trinajstić information content (AvgIpc) is 2.52. The zero-order valence-corrected chi connectivity index (χ0v) is 17.8. The Morgan fingerprint density at radius 2 is 1.48 bits per heavy atom. The van der Waals surface area contributed by atoms with Gasteiger partial charge in [-0.3, -0.25) is 4.98 Å². The highest BCUT2D eigenvalue weighted by Crippen LogP contribution is 2.43. The molecule has 0 saturated heterocycles. The average molecular weight is 342 g/mol. The zero-order valence-electron chi connectivity index (χ0n) is 17.8. The van der Waals surface area contributed by atoms with E-state index >= 15 is 0 Å². The number of pyridine rings is 1. The van der Waals surface area contributed by atoms with Gasteiger partial charge in [-0.1, -0.05) is 54.9 Å². The number of nitrogens with zero attached hydrogens (tertiary/aromatic N) is 1. The van der Waals surface area contributed by atoms with Crippen molar-refractivity contribution in [3.63, 3.8) is 0 Å². The van der Waals surface area contributed by atoms with Gasteiger partial charge in [-0.05, 0) is 84.3 Å². The van der Waals surface area contributed by atoms with Crippen molar-refractivity contribution < 1.29 is 0 Å². The fourth-order valence-electron chi connectivity index (χ4n) is 4.65. The first kappa shape index (κ1) is 18.9. The maximum atomic E-state index is 5.28. The maximum absolute atomic E-state index is 5.28. The summed E-state index contributed by atoms with van der Waals surface area (Å²) in [4.78, 5) is 5.28. The molecular formula is C24H39N. The molecule has 0 amide bonds. The molecule has 1 heteroatoms. The molecule has 140 valence electrons. The van der Waals surface area contributed by atoms with E-state index in [1.165, 1.54) is 69.2 Å². The van der Waals surface area contributed by atoms with Gasteiger partial charge in [0.2, 0.25) is 0 Å². The fraction of sp³-hybridized carbons (Fsp3) is 0.792. The molecule has 0 aromatic carbocycles. The van der Waals surface area contributed by atoms with Crippen LogP contribution in [0.1, 0.15) is 102 Å². The Bertz CT molecular complexity index is 649. The van der Waals surface area contributed by atoms with Gasteiger partial charge in [0.05, 0.1) is 0 Å². The number of fused-ring (bicyclic) bond motifs is 3. The number of hydrogen-bond acceptors (Lipinski definition) is 1. The van der Waals surface area contributed by atoms with Crippen molar-refractivity contribution in [2.75, 3.05) is 0 Å². The SMILES string of the molecule is CCC(C)(C)CCc1nc2c(c3c1CCC(C)(C)C3)CC(C)(C)CC2. The quantitative estimate of drug-likeness (QED) is 0.610. The monoisotopic (exact) mass is 341 g/mol. The minimum atomic E-state index is 0.431. The van der Waals surface area contributed by atoms with E-state index in [4.69, 9.17) is 4.98 Å². The van der Waals surface area contributed by atoms with E-state index in [0.717, 1.165) is 0 Å². The molecule has 1 aromatic heterocycles. The second-order valence-electron chi connectivity index (χ2n) is 11.1. The van der Waals surface area contributed by atoms with E-state index in [1.54, 1.807) is 16.7 Å². The highest BCUT2D eigenvalue weighted by atomic mass is 14.7. The minimum absolute atomic E-state index is 0.431. The first-order valence-electron chi connectivity index (χ1n) is 10.5. The normalized spacial score (nSPS) is 21.6. The number of aromatic nitrogens is 1. The number of aryl methyl sites for hydroxylation is 2. The molecule has 1 aromatic rings. The van der Waals surface area contributed by atoms with Crippen LogP contribution in [0.15, 0.2) is 0 Å². The van der Waals surface area contributed by atoms with Crippen LogP contribution in [0.3, 0.4) is 0 Å². The summed E-state index contributed by atoms with van der Waals surface area (Å²) in [5, 5.41) is 0. The van der Waals surface area contributed by atoms with Crippen molar-refractivity contribution in [2.45, 2.75) is 106 Å². The standard InChI is InChI=1S/C24H39N/c1-8-22(2,3)13-10-20-17-9-12-23(4,5)15-18(17)19-16-24(6,7)14-11-21(19)25-20/h8-16H2,1-7H3. The Morgan fingerprint density at radius 1 is 0.880 bits per heavy atom. The maximum Gasteiger partial charge on any atom is 0.0442 e. The topological polar surface area (TPSA) is 12.9 Å². The minimum Gasteiger partial charge on any atom is -0.257 e. The molecule has 1 heterocycles. The third kappa shape index (κ3) is 4.12. The van der Waals surface area contributed by atoms with E-state index < -0.39 is 0 Å². The van der Waals surface area contributed by atoms with Gasteiger partial charge in [0.1, 0.15) is 0 Å². The Hall–Kier alpha value is -0.850. The molecule has 0 spiro atoms. The van der Waals surface area contributed by atoms with Gasteiger partial charge >= 0.3 is 0 Å². The van der Waals surface area contributed by atoms with Crippen LogP contribution in [0.2, 0.25) is 0 Å². The first-order chi connectivity index (χ1) is 11.5. The van der Waals surface area contributed by atoms with Crippen LogP contribution >= 0.6 is 0 Å². The van der Waals surface area contributed by atoms with Crippen LogP contribution in [-0.2, 0) is 32.1 Å². The lowest BCUT2D eigenvalue weighted by molar-refractivity contribution is 0.288. The summed E-state index contributed by atoms with van der Waals surface area (Å²) in [7, 11) is 0. The predicted octanol–water partition coefficient (Wildman–Crippen LogP) is 6.48. The van der Waals surface area contributed by atoms with Gasteiger partial charge in [0, 0.05) is 11.4 Å². The van der Waals surface area contributed by atoms with Gasteiger partial charge in [-0.25, -0.2) is 0 Å². The summed E-state index contributed by atoms with van der Waals surface area (Å²) in [5.74, 6) is 0. The molecule has 25 heavy (non-hydrogen) atoms. The Kier molecular flexibility index (Phi) is 4.84. The molecule has 2 aliphatic rings. The van der Waals surface area contributed by atoms with Crippen LogP contribution in [0, 0.1) is 16.2 Å². The van der Waals surface area contributed by atoms with Gasteiger partial charge in [0.25, 0.3) is 0 Å². The van der Waals surface area contributed by atoms with E-state index in [2.05, 4.69) is 48.5 Å². The van der Waals surface area contributed by atoms with Crippen molar-refractivity contribution in [1.29, 1.82) is 0 Å². The highest BCUT2D eigenvalue weighted by molar-refractivity contribution is 5.45. The van der Waals surface area contributed by atoms with Gasteiger partial charge in [-0.15, -0.1) is 0 Å². The predicted molar refractivity (Wildman–Crippen MR) is 108 cm³/mol. The van der Waals surface area contributed by atoms with Crippen LogP contribution in [0.25, 0.3) is 0 Å². The van der Waals surface area contributed by atoms with Gasteiger partial charge in [0.15, 0.2) is 0 Å². The summed E-state index contributed by atoms with van der Waals surface area (Å²) in [6.07, 6.45) is 11.2. The third-order valence-corrected chi connectivity index (χ3v) is 7.09. The number of rotatable bonds is 4. The lowest BCUT2D eigenvalue weighted by Gasteiger charge is -2.39. The van der Waals surface area contributed by atoms with E-state index in [9.17, 15) is 0 Å². The first-order valence-corrected chi connectivity index (χ1v) is 10.5. The summed E-state index contributed by atoms with van der Waals surface area (Å²) >= 11 is 0. The van der Waals surface area contributed by atoms with E-state index in [0.29, 0.717) is 16.2 Å². The highest BCUT2D eigenvalue weighted by Gasteiger charge is 2.35. The second-order valence-corrected chi connectivity index (χ2v) is 11.1. The third-order valence-electron chi connectivity index (χ3n) is 7.09. The molecule has 0 unspecified atom stereocenters. The van der Waals surface area contributed by atoms with Crippen LogP contribution in [0.5, 0.6) is 0 Å². The molecule has 2 aliphatic carbocycles. The molecular weight excluding hydrogens is 302 g/mol. The Balaban J connectivity index is 2.01. The molecule has 0 N–H and O–H groups in total. The van der Waals surface area contributed by atoms with Crippen LogP contribution in [-0.4, -0.2) is 4.98 Å². The van der Waals surface area contributed by atoms with Crippen molar-refractivity contribution in [3.8, 4) is 0 Å². The molecule has 0 aliphatic heterocycles. The Morgan fingerprint density at radius 3 is 2.12 bits per heavy atom. The lowest BCUT2D eigenvalue weighted by atomic mass is 9.67. The molecule has 0 atom stereocenters. The van der Waals surface area contributed by atoms with Crippen molar-refractivity contribution in [3.05, 3.63) is 28.1 Å². The summed E-state index contributed by atoms with van der Waals surface area (Å²) in [6.45, 7) is 16.9. The largest absolute Gasteiger partial charge is 0.257 e. The van der Waals surface area contributed by atoms with Crippen LogP contribution < -0.4 is 0 Å². The summed E-state index contributed by atoms with van der Waals surface area (Å²) in [6, 6.07) is 0. The molecule has 0 bridgehead atoms. The molecule has 1 nitrogen and oxygen atoms in total. The van der Waals surface area contributed by atoms with Crippen molar-refractivity contribution in [2.24, 2.45) is 16.2 Å². The second kappa shape index (κ2) is 6.39. The Labute approximate surface area is 156 Å². The lowest BCUT2D eigenvalue weighted by Crippen LogP contribution is -2.31. The zero-order chi connectivity index (χ0) is 18.5. The summed E-state index contributed by atoms with van der Waals surface area (Å²) in [5.41, 5.74) is 9.20. The van der Waals surface area contributed by atoms with Crippen molar-refractivity contribution >= 4 is 0 Å². The van der Waals surface area contributed by atoms with Crippen LogP contribution in [0.4, 0.5) is 0 Å². The van der Waals surface area contributed by atoms with Gasteiger partial charge < -0.3 is 0 Å². The van der Waals surface area contributed by atoms with Gasteiger partial charge in [-0.2, -0.15) is 0 Å². The molecule has 0 saturated carbocycles. The molecule has 0 radical (unpaired) electrons. The molecule has 3 rings (SSSR count). The molecule has 0 fully saturated rings.